The van der Waals surface area contributed by atoms with Crippen LogP contribution in [0.15, 0.2) is 20.9 Å². The van der Waals surface area contributed by atoms with E-state index in [-0.39, 0.29) is 6.04 Å². The quantitative estimate of drug-likeness (QED) is 0.833. The molecule has 3 rings (SSSR count). The fraction of sp³-hybridized carbons (Fsp3) is 0.562. The third-order valence-electron chi connectivity index (χ3n) is 4.57. The highest BCUT2D eigenvalue weighted by atomic mass is 32.2. The molecule has 0 spiro atoms. The van der Waals surface area contributed by atoms with Crippen LogP contribution >= 0.6 is 11.3 Å². The van der Waals surface area contributed by atoms with Gasteiger partial charge in [0.15, 0.2) is 5.76 Å². The highest BCUT2D eigenvalue weighted by Gasteiger charge is 2.33. The van der Waals surface area contributed by atoms with Crippen molar-refractivity contribution in [2.45, 2.75) is 56.7 Å². The Labute approximate surface area is 141 Å². The molecule has 7 heteroatoms. The van der Waals surface area contributed by atoms with E-state index in [4.69, 9.17) is 4.52 Å². The molecule has 1 aliphatic rings. The Morgan fingerprint density at radius 1 is 1.35 bits per heavy atom. The molecule has 0 aliphatic carbocycles. The van der Waals surface area contributed by atoms with Gasteiger partial charge in [0, 0.05) is 18.2 Å². The minimum Gasteiger partial charge on any atom is -0.355 e. The Morgan fingerprint density at radius 2 is 2.13 bits per heavy atom. The molecule has 2 aromatic rings. The van der Waals surface area contributed by atoms with Crippen LogP contribution in [-0.2, 0) is 10.0 Å². The van der Waals surface area contributed by atoms with Crippen molar-refractivity contribution in [1.29, 1.82) is 0 Å². The number of sulfonamides is 1. The predicted octanol–water partition coefficient (Wildman–Crippen LogP) is 3.97. The van der Waals surface area contributed by atoms with Crippen molar-refractivity contribution in [2.75, 3.05) is 6.54 Å². The summed E-state index contributed by atoms with van der Waals surface area (Å²) in [7, 11) is -3.43. The lowest BCUT2D eigenvalue weighted by Gasteiger charge is -2.33. The molecule has 5 nitrogen and oxygen atoms in total. The molecule has 0 aromatic carbocycles. The van der Waals surface area contributed by atoms with Crippen LogP contribution in [0.25, 0.3) is 10.6 Å². The van der Waals surface area contributed by atoms with Crippen molar-refractivity contribution in [1.82, 2.24) is 9.46 Å². The first-order valence-corrected chi connectivity index (χ1v) is 10.3. The van der Waals surface area contributed by atoms with E-state index in [9.17, 15) is 8.42 Å². The van der Waals surface area contributed by atoms with Crippen molar-refractivity contribution < 1.29 is 12.9 Å². The zero-order chi connectivity index (χ0) is 16.6. The van der Waals surface area contributed by atoms with Crippen molar-refractivity contribution in [3.8, 4) is 10.6 Å². The topological polar surface area (TPSA) is 63.4 Å². The number of thiophene rings is 1. The van der Waals surface area contributed by atoms with Crippen LogP contribution < -0.4 is 0 Å². The Morgan fingerprint density at radius 3 is 2.78 bits per heavy atom. The largest absolute Gasteiger partial charge is 0.355 e. The van der Waals surface area contributed by atoms with Crippen LogP contribution in [0, 0.1) is 13.8 Å². The molecule has 23 heavy (non-hydrogen) atoms. The highest BCUT2D eigenvalue weighted by molar-refractivity contribution is 7.91. The molecule has 0 radical (unpaired) electrons. The fourth-order valence-electron chi connectivity index (χ4n) is 3.04. The predicted molar refractivity (Wildman–Crippen MR) is 91.1 cm³/mol. The molecule has 1 unspecified atom stereocenters. The second-order valence-electron chi connectivity index (χ2n) is 6.01. The lowest BCUT2D eigenvalue weighted by atomic mass is 10.0. The van der Waals surface area contributed by atoms with Crippen LogP contribution in [0.2, 0.25) is 0 Å². The third kappa shape index (κ3) is 2.97. The fourth-order valence-corrected chi connectivity index (χ4v) is 6.28. The Hall–Kier alpha value is -1.18. The minimum absolute atomic E-state index is 0.119. The van der Waals surface area contributed by atoms with Crippen LogP contribution in [0.1, 0.15) is 43.9 Å². The van der Waals surface area contributed by atoms with E-state index in [1.807, 2.05) is 19.9 Å². The van der Waals surface area contributed by atoms with Crippen molar-refractivity contribution >= 4 is 21.4 Å². The van der Waals surface area contributed by atoms with Gasteiger partial charge in [0.05, 0.1) is 10.6 Å². The number of aromatic nitrogens is 1. The molecule has 3 heterocycles. The van der Waals surface area contributed by atoms with Gasteiger partial charge in [-0.2, -0.15) is 4.31 Å². The molecular weight excluding hydrogens is 332 g/mol. The number of hydrogen-bond acceptors (Lipinski definition) is 5. The van der Waals surface area contributed by atoms with Crippen LogP contribution in [0.5, 0.6) is 0 Å². The molecule has 1 aliphatic heterocycles. The molecule has 0 saturated carbocycles. The molecule has 1 saturated heterocycles. The Kier molecular flexibility index (Phi) is 4.62. The van der Waals surface area contributed by atoms with Crippen molar-refractivity contribution in [3.05, 3.63) is 23.4 Å². The van der Waals surface area contributed by atoms with Crippen molar-refractivity contribution in [3.63, 3.8) is 0 Å². The van der Waals surface area contributed by atoms with Gasteiger partial charge in [-0.05, 0) is 45.2 Å². The summed E-state index contributed by atoms with van der Waals surface area (Å²) in [4.78, 5) is 0.812. The summed E-state index contributed by atoms with van der Waals surface area (Å²) in [6, 6.07) is 3.62. The van der Waals surface area contributed by atoms with E-state index in [1.54, 1.807) is 10.4 Å². The Bertz CT molecular complexity index is 792. The van der Waals surface area contributed by atoms with Gasteiger partial charge in [0.2, 0.25) is 0 Å². The molecule has 1 atom stereocenters. The summed E-state index contributed by atoms with van der Waals surface area (Å²) in [5.41, 5.74) is 1.79. The molecule has 0 bridgehead atoms. The van der Waals surface area contributed by atoms with E-state index in [2.05, 4.69) is 12.1 Å². The second-order valence-corrected chi connectivity index (χ2v) is 9.22. The van der Waals surface area contributed by atoms with Gasteiger partial charge in [0.25, 0.3) is 10.0 Å². The summed E-state index contributed by atoms with van der Waals surface area (Å²) in [6.45, 7) is 6.49. The Balaban J connectivity index is 1.94. The van der Waals surface area contributed by atoms with E-state index < -0.39 is 10.0 Å². The summed E-state index contributed by atoms with van der Waals surface area (Å²) >= 11 is 1.26. The lowest BCUT2D eigenvalue weighted by molar-refractivity contribution is 0.247. The van der Waals surface area contributed by atoms with E-state index in [0.717, 1.165) is 41.8 Å². The second kappa shape index (κ2) is 6.37. The molecule has 0 N–H and O–H groups in total. The lowest BCUT2D eigenvalue weighted by Crippen LogP contribution is -2.42. The first kappa shape index (κ1) is 16.7. The summed E-state index contributed by atoms with van der Waals surface area (Å²) < 4.78 is 33.4. The normalized spacial score (nSPS) is 20.0. The maximum atomic E-state index is 13.0. The number of aryl methyl sites for hydroxylation is 1. The number of nitrogens with zero attached hydrogens (tertiary/aromatic N) is 2. The first-order valence-electron chi connectivity index (χ1n) is 8.00. The summed E-state index contributed by atoms with van der Waals surface area (Å²) in [5, 5.41) is 3.95. The monoisotopic (exact) mass is 354 g/mol. The average Bonchev–Trinajstić information content (AvgIpc) is 3.16. The van der Waals surface area contributed by atoms with Crippen molar-refractivity contribution in [2.24, 2.45) is 0 Å². The van der Waals surface area contributed by atoms with E-state index in [0.29, 0.717) is 16.5 Å². The highest BCUT2D eigenvalue weighted by Crippen LogP contribution is 2.36. The molecular formula is C16H22N2O3S2. The molecule has 1 fully saturated rings. The van der Waals surface area contributed by atoms with E-state index in [1.165, 1.54) is 11.3 Å². The summed E-state index contributed by atoms with van der Waals surface area (Å²) in [6.07, 6.45) is 3.86. The van der Waals surface area contributed by atoms with Gasteiger partial charge < -0.3 is 4.52 Å². The van der Waals surface area contributed by atoms with Gasteiger partial charge in [0.1, 0.15) is 4.21 Å². The minimum atomic E-state index is -3.43. The standard InChI is InChI=1S/C16H22N2O3S2/c1-4-13-7-5-6-10-18(13)23(19,20)15-9-8-14(22-15)16-11(2)12(3)17-21-16/h8-9,13H,4-7,10H2,1-3H3. The zero-order valence-electron chi connectivity index (χ0n) is 13.7. The van der Waals surface area contributed by atoms with Gasteiger partial charge in [-0.15, -0.1) is 11.3 Å². The number of rotatable bonds is 4. The SMILES string of the molecule is CCC1CCCCN1S(=O)(=O)c1ccc(-c2onc(C)c2C)s1. The zero-order valence-corrected chi connectivity index (χ0v) is 15.3. The molecule has 126 valence electrons. The van der Waals surface area contributed by atoms with Crippen LogP contribution in [0.3, 0.4) is 0 Å². The van der Waals surface area contributed by atoms with Gasteiger partial charge >= 0.3 is 0 Å². The van der Waals surface area contributed by atoms with Gasteiger partial charge in [-0.25, -0.2) is 8.42 Å². The van der Waals surface area contributed by atoms with Crippen LogP contribution in [-0.4, -0.2) is 30.5 Å². The van der Waals surface area contributed by atoms with Crippen LogP contribution in [0.4, 0.5) is 0 Å². The smallest absolute Gasteiger partial charge is 0.252 e. The van der Waals surface area contributed by atoms with Gasteiger partial charge in [-0.1, -0.05) is 18.5 Å². The third-order valence-corrected chi connectivity index (χ3v) is 8.07. The van der Waals surface area contributed by atoms with Gasteiger partial charge in [-0.3, -0.25) is 0 Å². The summed E-state index contributed by atoms with van der Waals surface area (Å²) in [5.74, 6) is 0.666. The van der Waals surface area contributed by atoms with E-state index >= 15 is 0 Å². The molecule has 2 aromatic heterocycles. The number of hydrogen-bond donors (Lipinski definition) is 0. The maximum Gasteiger partial charge on any atom is 0.252 e. The average molecular weight is 354 g/mol. The molecule has 0 amide bonds. The first-order chi connectivity index (χ1) is 10.9. The number of piperidine rings is 1. The maximum absolute atomic E-state index is 13.0.